The first-order chi connectivity index (χ1) is 6.43. The molecule has 76 valence electrons. The summed E-state index contributed by atoms with van der Waals surface area (Å²) < 4.78 is 0. The number of nitrogens with two attached hydrogens (primary N) is 1. The highest BCUT2D eigenvalue weighted by Gasteiger charge is 2.08. The first-order valence-electron chi connectivity index (χ1n) is 5.49. The van der Waals surface area contributed by atoms with Gasteiger partial charge in [0.05, 0.1) is 0 Å². The van der Waals surface area contributed by atoms with Crippen LogP contribution in [0.15, 0.2) is 12.2 Å². The maximum Gasteiger partial charge on any atom is -0.00174 e. The summed E-state index contributed by atoms with van der Waals surface area (Å²) in [7, 11) is 0. The van der Waals surface area contributed by atoms with Gasteiger partial charge < -0.3 is 11.1 Å². The van der Waals surface area contributed by atoms with Crippen molar-refractivity contribution in [3.63, 3.8) is 0 Å². The Morgan fingerprint density at radius 1 is 1.31 bits per heavy atom. The Morgan fingerprint density at radius 2 is 2.23 bits per heavy atom. The lowest BCUT2D eigenvalue weighted by Crippen LogP contribution is -2.24. The molecule has 0 aromatic rings. The minimum Gasteiger partial charge on any atom is -0.330 e. The minimum absolute atomic E-state index is 0.827. The molecule has 0 saturated heterocycles. The molecule has 0 aromatic carbocycles. The zero-order valence-corrected chi connectivity index (χ0v) is 8.47. The molecule has 0 radical (unpaired) electrons. The first kappa shape index (κ1) is 10.7. The molecule has 0 fully saturated rings. The summed E-state index contributed by atoms with van der Waals surface area (Å²) in [6.07, 6.45) is 10.9. The molecule has 0 amide bonds. The van der Waals surface area contributed by atoms with Crippen LogP contribution in [0.1, 0.15) is 32.1 Å². The van der Waals surface area contributed by atoms with E-state index in [0.717, 1.165) is 25.4 Å². The third kappa shape index (κ3) is 5.06. The molecule has 1 aliphatic rings. The lowest BCUT2D eigenvalue weighted by molar-refractivity contribution is 0.438. The van der Waals surface area contributed by atoms with Gasteiger partial charge in [0.2, 0.25) is 0 Å². The van der Waals surface area contributed by atoms with Crippen LogP contribution in [0.2, 0.25) is 0 Å². The summed E-state index contributed by atoms with van der Waals surface area (Å²) in [5, 5.41) is 3.50. The smallest absolute Gasteiger partial charge is 0.00174 e. The second-order valence-electron chi connectivity index (χ2n) is 3.85. The highest BCUT2D eigenvalue weighted by molar-refractivity contribution is 4.90. The SMILES string of the molecule is NCCCCNCC1CC=CCC1. The molecule has 1 unspecified atom stereocenters. The van der Waals surface area contributed by atoms with Crippen LogP contribution in [0.5, 0.6) is 0 Å². The van der Waals surface area contributed by atoms with Gasteiger partial charge in [0.25, 0.3) is 0 Å². The summed E-state index contributed by atoms with van der Waals surface area (Å²) in [6.45, 7) is 3.15. The van der Waals surface area contributed by atoms with Crippen LogP contribution in [0.25, 0.3) is 0 Å². The van der Waals surface area contributed by atoms with Gasteiger partial charge in [-0.25, -0.2) is 0 Å². The van der Waals surface area contributed by atoms with E-state index < -0.39 is 0 Å². The topological polar surface area (TPSA) is 38.0 Å². The Labute approximate surface area is 81.6 Å². The van der Waals surface area contributed by atoms with Crippen LogP contribution in [-0.2, 0) is 0 Å². The fourth-order valence-electron chi connectivity index (χ4n) is 1.74. The van der Waals surface area contributed by atoms with E-state index in [2.05, 4.69) is 17.5 Å². The summed E-state index contributed by atoms with van der Waals surface area (Å²) >= 11 is 0. The average molecular weight is 182 g/mol. The van der Waals surface area contributed by atoms with E-state index in [4.69, 9.17) is 5.73 Å². The van der Waals surface area contributed by atoms with Gasteiger partial charge >= 0.3 is 0 Å². The Balaban J connectivity index is 1.90. The van der Waals surface area contributed by atoms with Crippen molar-refractivity contribution in [2.24, 2.45) is 11.7 Å². The van der Waals surface area contributed by atoms with Crippen LogP contribution in [0.4, 0.5) is 0 Å². The van der Waals surface area contributed by atoms with E-state index >= 15 is 0 Å². The fourth-order valence-corrected chi connectivity index (χ4v) is 1.74. The maximum absolute atomic E-state index is 5.42. The van der Waals surface area contributed by atoms with Crippen LogP contribution >= 0.6 is 0 Å². The molecule has 0 saturated carbocycles. The number of allylic oxidation sites excluding steroid dienone is 2. The number of hydrogen-bond donors (Lipinski definition) is 2. The molecule has 0 bridgehead atoms. The highest BCUT2D eigenvalue weighted by Crippen LogP contribution is 2.16. The molecule has 0 spiro atoms. The van der Waals surface area contributed by atoms with Crippen molar-refractivity contribution in [1.82, 2.24) is 5.32 Å². The lowest BCUT2D eigenvalue weighted by Gasteiger charge is -2.17. The van der Waals surface area contributed by atoms with Gasteiger partial charge in [-0.2, -0.15) is 0 Å². The van der Waals surface area contributed by atoms with Crippen molar-refractivity contribution < 1.29 is 0 Å². The minimum atomic E-state index is 0.827. The molecule has 0 aromatic heterocycles. The first-order valence-corrected chi connectivity index (χ1v) is 5.49. The van der Waals surface area contributed by atoms with Crippen molar-refractivity contribution >= 4 is 0 Å². The number of rotatable bonds is 6. The Morgan fingerprint density at radius 3 is 2.92 bits per heavy atom. The summed E-state index contributed by atoms with van der Waals surface area (Å²) in [5.41, 5.74) is 5.42. The van der Waals surface area contributed by atoms with Crippen molar-refractivity contribution in [2.45, 2.75) is 32.1 Å². The predicted molar refractivity (Wildman–Crippen MR) is 57.6 cm³/mol. The number of hydrogen-bond acceptors (Lipinski definition) is 2. The third-order valence-corrected chi connectivity index (χ3v) is 2.62. The average Bonchev–Trinajstić information content (AvgIpc) is 2.19. The van der Waals surface area contributed by atoms with Crippen molar-refractivity contribution in [3.8, 4) is 0 Å². The molecule has 3 N–H and O–H groups in total. The van der Waals surface area contributed by atoms with E-state index in [0.29, 0.717) is 0 Å². The molecule has 1 atom stereocenters. The van der Waals surface area contributed by atoms with E-state index in [9.17, 15) is 0 Å². The van der Waals surface area contributed by atoms with Gasteiger partial charge in [-0.1, -0.05) is 12.2 Å². The van der Waals surface area contributed by atoms with Crippen LogP contribution in [0, 0.1) is 5.92 Å². The van der Waals surface area contributed by atoms with Crippen LogP contribution < -0.4 is 11.1 Å². The molecule has 1 rings (SSSR count). The molecule has 2 heteroatoms. The van der Waals surface area contributed by atoms with E-state index in [-0.39, 0.29) is 0 Å². The van der Waals surface area contributed by atoms with E-state index in [1.807, 2.05) is 0 Å². The molecule has 1 aliphatic carbocycles. The summed E-state index contributed by atoms with van der Waals surface area (Å²) in [5.74, 6) is 0.878. The largest absolute Gasteiger partial charge is 0.330 e. The lowest BCUT2D eigenvalue weighted by atomic mass is 9.94. The van der Waals surface area contributed by atoms with Gasteiger partial charge in [-0.15, -0.1) is 0 Å². The van der Waals surface area contributed by atoms with E-state index in [1.165, 1.54) is 32.2 Å². The third-order valence-electron chi connectivity index (χ3n) is 2.62. The molecular formula is C11H22N2. The maximum atomic E-state index is 5.42. The van der Waals surface area contributed by atoms with Gasteiger partial charge in [-0.3, -0.25) is 0 Å². The summed E-state index contributed by atoms with van der Waals surface area (Å²) in [6, 6.07) is 0. The zero-order chi connectivity index (χ0) is 9.36. The highest BCUT2D eigenvalue weighted by atomic mass is 14.9. The Hall–Kier alpha value is -0.340. The molecular weight excluding hydrogens is 160 g/mol. The fraction of sp³-hybridized carbons (Fsp3) is 0.818. The number of unbranched alkanes of at least 4 members (excludes halogenated alkanes) is 1. The molecule has 13 heavy (non-hydrogen) atoms. The van der Waals surface area contributed by atoms with Crippen molar-refractivity contribution in [3.05, 3.63) is 12.2 Å². The van der Waals surface area contributed by atoms with Gasteiger partial charge in [0.15, 0.2) is 0 Å². The standard InChI is InChI=1S/C11H22N2/c12-8-4-5-9-13-10-11-6-2-1-3-7-11/h1-2,11,13H,3-10,12H2. The predicted octanol–water partition coefficient (Wildman–Crippen LogP) is 1.67. The van der Waals surface area contributed by atoms with Gasteiger partial charge in [-0.05, 0) is 57.7 Å². The van der Waals surface area contributed by atoms with Crippen molar-refractivity contribution in [2.75, 3.05) is 19.6 Å². The van der Waals surface area contributed by atoms with Gasteiger partial charge in [0.1, 0.15) is 0 Å². The number of nitrogens with one attached hydrogen (secondary N) is 1. The Kier molecular flexibility index (Phi) is 5.87. The normalized spacial score (nSPS) is 22.1. The Bertz CT molecular complexity index is 143. The summed E-state index contributed by atoms with van der Waals surface area (Å²) in [4.78, 5) is 0. The molecule has 0 aliphatic heterocycles. The van der Waals surface area contributed by atoms with Crippen LogP contribution in [0.3, 0.4) is 0 Å². The van der Waals surface area contributed by atoms with Gasteiger partial charge in [0, 0.05) is 0 Å². The monoisotopic (exact) mass is 182 g/mol. The molecule has 2 nitrogen and oxygen atoms in total. The van der Waals surface area contributed by atoms with Crippen molar-refractivity contribution in [1.29, 1.82) is 0 Å². The quantitative estimate of drug-likeness (QED) is 0.484. The second-order valence-corrected chi connectivity index (χ2v) is 3.85. The second kappa shape index (κ2) is 7.10. The van der Waals surface area contributed by atoms with E-state index in [1.54, 1.807) is 0 Å². The molecule has 0 heterocycles. The zero-order valence-electron chi connectivity index (χ0n) is 8.47. The van der Waals surface area contributed by atoms with Crippen LogP contribution in [-0.4, -0.2) is 19.6 Å².